The van der Waals surface area contributed by atoms with Gasteiger partial charge >= 0.3 is 6.09 Å². The lowest BCUT2D eigenvalue weighted by Crippen LogP contribution is -2.49. The van der Waals surface area contributed by atoms with Gasteiger partial charge in [-0.15, -0.1) is 0 Å². The highest BCUT2D eigenvalue weighted by molar-refractivity contribution is 5.94. The largest absolute Gasteiger partial charge is 0.450 e. The van der Waals surface area contributed by atoms with Crippen molar-refractivity contribution in [3.8, 4) is 0 Å². The Morgan fingerprint density at radius 3 is 2.54 bits per heavy atom. The van der Waals surface area contributed by atoms with Crippen LogP contribution in [0.4, 0.5) is 10.6 Å². The lowest BCUT2D eigenvalue weighted by atomic mass is 10.2. The van der Waals surface area contributed by atoms with Crippen molar-refractivity contribution >= 4 is 17.8 Å². The minimum atomic E-state index is -0.260. The summed E-state index contributed by atoms with van der Waals surface area (Å²) in [5, 5.41) is 2.88. The summed E-state index contributed by atoms with van der Waals surface area (Å²) in [6.45, 7) is 7.60. The molecule has 1 saturated heterocycles. The van der Waals surface area contributed by atoms with E-state index in [2.05, 4.69) is 22.1 Å². The van der Waals surface area contributed by atoms with Gasteiger partial charge in [-0.3, -0.25) is 4.79 Å². The van der Waals surface area contributed by atoms with Crippen molar-refractivity contribution in [3.05, 3.63) is 23.9 Å². The molecule has 2 heterocycles. The fourth-order valence-corrected chi connectivity index (χ4v) is 2.52. The first-order chi connectivity index (χ1) is 11.7. The number of carbonyl (C=O) groups excluding carboxylic acids is 2. The molecular formula is C17H26N4O3. The second-order valence-electron chi connectivity index (χ2n) is 5.69. The molecule has 1 aliphatic heterocycles. The Morgan fingerprint density at radius 2 is 1.96 bits per heavy atom. The summed E-state index contributed by atoms with van der Waals surface area (Å²) in [6.07, 6.45) is 3.37. The summed E-state index contributed by atoms with van der Waals surface area (Å²) in [6, 6.07) is 3.65. The molecule has 0 aromatic carbocycles. The quantitative estimate of drug-likeness (QED) is 0.804. The molecule has 1 aliphatic rings. The number of aromatic nitrogens is 1. The van der Waals surface area contributed by atoms with Crippen LogP contribution in [0, 0.1) is 0 Å². The number of pyridine rings is 1. The zero-order valence-electron chi connectivity index (χ0n) is 14.5. The molecule has 0 radical (unpaired) electrons. The van der Waals surface area contributed by atoms with Gasteiger partial charge in [0, 0.05) is 38.9 Å². The smallest absolute Gasteiger partial charge is 0.409 e. The number of carbonyl (C=O) groups is 2. The van der Waals surface area contributed by atoms with Gasteiger partial charge in [-0.2, -0.15) is 0 Å². The normalized spacial score (nSPS) is 14.4. The molecule has 2 rings (SSSR count). The number of hydrogen-bond donors (Lipinski definition) is 1. The van der Waals surface area contributed by atoms with Crippen molar-refractivity contribution in [2.45, 2.75) is 26.7 Å². The molecule has 0 saturated carbocycles. The van der Waals surface area contributed by atoms with Crippen LogP contribution in [0.3, 0.4) is 0 Å². The number of piperazine rings is 1. The van der Waals surface area contributed by atoms with Gasteiger partial charge in [0.2, 0.25) is 0 Å². The molecule has 0 atom stereocenters. The predicted molar refractivity (Wildman–Crippen MR) is 92.3 cm³/mol. The van der Waals surface area contributed by atoms with Gasteiger partial charge in [0.05, 0.1) is 12.2 Å². The van der Waals surface area contributed by atoms with Gasteiger partial charge in [0.15, 0.2) is 0 Å². The lowest BCUT2D eigenvalue weighted by Gasteiger charge is -2.34. The number of anilines is 1. The first-order valence-corrected chi connectivity index (χ1v) is 8.56. The van der Waals surface area contributed by atoms with Crippen LogP contribution in [0.1, 0.15) is 37.0 Å². The number of ether oxygens (including phenoxy) is 1. The number of rotatable bonds is 6. The Bertz CT molecular complexity index is 539. The average molecular weight is 334 g/mol. The van der Waals surface area contributed by atoms with Crippen molar-refractivity contribution < 1.29 is 14.3 Å². The summed E-state index contributed by atoms with van der Waals surface area (Å²) in [4.78, 5) is 31.9. The molecule has 0 spiro atoms. The van der Waals surface area contributed by atoms with Crippen LogP contribution >= 0.6 is 0 Å². The summed E-state index contributed by atoms with van der Waals surface area (Å²) in [5.41, 5.74) is 0.569. The van der Waals surface area contributed by atoms with Crippen LogP contribution in [0.25, 0.3) is 0 Å². The number of hydrogen-bond acceptors (Lipinski definition) is 5. The summed E-state index contributed by atoms with van der Waals surface area (Å²) in [7, 11) is 0. The first-order valence-electron chi connectivity index (χ1n) is 8.56. The number of unbranched alkanes of at least 4 members (excludes halogenated alkanes) is 1. The van der Waals surface area contributed by atoms with E-state index in [1.807, 2.05) is 6.07 Å². The average Bonchev–Trinajstić information content (AvgIpc) is 2.62. The topological polar surface area (TPSA) is 74.8 Å². The highest BCUT2D eigenvalue weighted by Gasteiger charge is 2.22. The predicted octanol–water partition coefficient (Wildman–Crippen LogP) is 1.89. The Hall–Kier alpha value is -2.31. The molecular weight excluding hydrogens is 308 g/mol. The molecule has 1 fully saturated rings. The zero-order valence-corrected chi connectivity index (χ0v) is 14.5. The Balaban J connectivity index is 1.86. The molecule has 1 aromatic rings. The van der Waals surface area contributed by atoms with E-state index in [0.29, 0.717) is 44.9 Å². The second-order valence-corrected chi connectivity index (χ2v) is 5.69. The molecule has 2 amide bonds. The van der Waals surface area contributed by atoms with Crippen LogP contribution in [-0.2, 0) is 4.74 Å². The van der Waals surface area contributed by atoms with Crippen LogP contribution in [-0.4, -0.2) is 61.2 Å². The van der Waals surface area contributed by atoms with Crippen LogP contribution in [0.2, 0.25) is 0 Å². The molecule has 0 bridgehead atoms. The van der Waals surface area contributed by atoms with Gasteiger partial charge in [-0.05, 0) is 25.5 Å². The molecule has 7 nitrogen and oxygen atoms in total. The second kappa shape index (κ2) is 9.10. The fourth-order valence-electron chi connectivity index (χ4n) is 2.52. The van der Waals surface area contributed by atoms with E-state index in [9.17, 15) is 9.59 Å². The summed E-state index contributed by atoms with van der Waals surface area (Å²) < 4.78 is 5.01. The van der Waals surface area contributed by atoms with E-state index in [1.54, 1.807) is 24.1 Å². The van der Waals surface area contributed by atoms with Crippen molar-refractivity contribution in [3.63, 3.8) is 0 Å². The monoisotopic (exact) mass is 334 g/mol. The Labute approximate surface area is 143 Å². The highest BCUT2D eigenvalue weighted by Crippen LogP contribution is 2.14. The lowest BCUT2D eigenvalue weighted by molar-refractivity contribution is 0.0952. The van der Waals surface area contributed by atoms with Crippen molar-refractivity contribution in [2.24, 2.45) is 0 Å². The van der Waals surface area contributed by atoms with Gasteiger partial charge < -0.3 is 19.9 Å². The zero-order chi connectivity index (χ0) is 17.4. The molecule has 0 aliphatic carbocycles. The van der Waals surface area contributed by atoms with Crippen LogP contribution in [0.15, 0.2) is 18.3 Å². The van der Waals surface area contributed by atoms with Gasteiger partial charge in [-0.1, -0.05) is 13.3 Å². The number of nitrogens with one attached hydrogen (secondary N) is 1. The van der Waals surface area contributed by atoms with E-state index in [-0.39, 0.29) is 12.0 Å². The molecule has 1 N–H and O–H groups in total. The molecule has 132 valence electrons. The fraction of sp³-hybridized carbons (Fsp3) is 0.588. The summed E-state index contributed by atoms with van der Waals surface area (Å²) >= 11 is 0. The summed E-state index contributed by atoms with van der Waals surface area (Å²) in [5.74, 6) is 0.734. The van der Waals surface area contributed by atoms with Crippen LogP contribution in [0.5, 0.6) is 0 Å². The highest BCUT2D eigenvalue weighted by atomic mass is 16.6. The Kier molecular flexibility index (Phi) is 6.84. The van der Waals surface area contributed by atoms with Gasteiger partial charge in [0.25, 0.3) is 5.91 Å². The van der Waals surface area contributed by atoms with E-state index < -0.39 is 0 Å². The molecule has 7 heteroatoms. The minimum absolute atomic E-state index is 0.0883. The van der Waals surface area contributed by atoms with Gasteiger partial charge in [0.1, 0.15) is 5.82 Å². The van der Waals surface area contributed by atoms with Crippen molar-refractivity contribution in [1.82, 2.24) is 15.2 Å². The third-order valence-electron chi connectivity index (χ3n) is 3.96. The van der Waals surface area contributed by atoms with E-state index in [0.717, 1.165) is 18.7 Å². The maximum Gasteiger partial charge on any atom is 0.409 e. The maximum absolute atomic E-state index is 12.0. The van der Waals surface area contributed by atoms with Crippen molar-refractivity contribution in [2.75, 3.05) is 44.2 Å². The van der Waals surface area contributed by atoms with E-state index in [1.165, 1.54) is 0 Å². The Morgan fingerprint density at radius 1 is 1.21 bits per heavy atom. The molecule has 1 aromatic heterocycles. The minimum Gasteiger partial charge on any atom is -0.450 e. The number of amides is 2. The first kappa shape index (κ1) is 18.0. The van der Waals surface area contributed by atoms with Crippen molar-refractivity contribution in [1.29, 1.82) is 0 Å². The molecule has 24 heavy (non-hydrogen) atoms. The maximum atomic E-state index is 12.0. The van der Waals surface area contributed by atoms with Gasteiger partial charge in [-0.25, -0.2) is 9.78 Å². The standard InChI is InChI=1S/C17H26N4O3/c1-3-5-8-18-16(22)14-6-7-15(19-13-14)20-9-11-21(12-10-20)17(23)24-4-2/h6-7,13H,3-5,8-12H2,1-2H3,(H,18,22). The third-order valence-corrected chi connectivity index (χ3v) is 3.96. The third kappa shape index (κ3) is 4.84. The SMILES string of the molecule is CCCCNC(=O)c1ccc(N2CCN(C(=O)OCC)CC2)nc1. The van der Waals surface area contributed by atoms with Crippen LogP contribution < -0.4 is 10.2 Å². The van der Waals surface area contributed by atoms with E-state index in [4.69, 9.17) is 4.74 Å². The molecule has 0 unspecified atom stereocenters. The number of nitrogens with zero attached hydrogens (tertiary/aromatic N) is 3. The van der Waals surface area contributed by atoms with E-state index >= 15 is 0 Å².